The van der Waals surface area contributed by atoms with Gasteiger partial charge >= 0.3 is 5.97 Å². The van der Waals surface area contributed by atoms with Crippen molar-refractivity contribution in [3.05, 3.63) is 0 Å². The first-order valence-electron chi connectivity index (χ1n) is 3.67. The molecule has 0 aromatic rings. The van der Waals surface area contributed by atoms with Crippen LogP contribution >= 0.6 is 0 Å². The van der Waals surface area contributed by atoms with Crippen molar-refractivity contribution >= 4 is 12.3 Å². The van der Waals surface area contributed by atoms with Crippen LogP contribution in [-0.4, -0.2) is 17.9 Å². The Morgan fingerprint density at radius 3 is 2.45 bits per heavy atom. The molecule has 0 unspecified atom stereocenters. The fraction of sp³-hybridized carbons (Fsp3) is 0.750. The molecule has 0 fully saturated rings. The number of ether oxygens (including phenoxy) is 1. The zero-order valence-electron chi connectivity index (χ0n) is 7.22. The van der Waals surface area contributed by atoms with E-state index in [0.29, 0.717) is 6.42 Å². The standard InChI is InChI=1S/C8H14O3/c1-4-7(10)11-8(2,3)5-6-9/h6H,4-5H2,1-3H3. The Hall–Kier alpha value is -0.860. The van der Waals surface area contributed by atoms with Gasteiger partial charge in [-0.1, -0.05) is 6.92 Å². The third-order valence-electron chi connectivity index (χ3n) is 1.25. The lowest BCUT2D eigenvalue weighted by molar-refractivity contribution is -0.156. The summed E-state index contributed by atoms with van der Waals surface area (Å²) in [6.45, 7) is 5.16. The van der Waals surface area contributed by atoms with Crippen LogP contribution in [0.1, 0.15) is 33.6 Å². The molecule has 0 aromatic carbocycles. The molecule has 0 N–H and O–H groups in total. The molecular formula is C8H14O3. The van der Waals surface area contributed by atoms with E-state index in [9.17, 15) is 9.59 Å². The molecule has 0 heterocycles. The highest BCUT2D eigenvalue weighted by Crippen LogP contribution is 2.13. The minimum absolute atomic E-state index is 0.249. The fourth-order valence-electron chi connectivity index (χ4n) is 0.623. The minimum atomic E-state index is -0.644. The second-order valence-electron chi connectivity index (χ2n) is 2.96. The highest BCUT2D eigenvalue weighted by Gasteiger charge is 2.20. The SMILES string of the molecule is CCC(=O)OC(C)(C)CC=O. The van der Waals surface area contributed by atoms with E-state index in [1.165, 1.54) is 0 Å². The van der Waals surface area contributed by atoms with E-state index in [-0.39, 0.29) is 12.4 Å². The van der Waals surface area contributed by atoms with Crippen molar-refractivity contribution in [1.29, 1.82) is 0 Å². The van der Waals surface area contributed by atoms with Crippen molar-refractivity contribution in [1.82, 2.24) is 0 Å². The molecule has 0 bridgehead atoms. The second-order valence-corrected chi connectivity index (χ2v) is 2.96. The number of carbonyl (C=O) groups is 2. The molecule has 0 aliphatic carbocycles. The predicted molar refractivity (Wildman–Crippen MR) is 41.1 cm³/mol. The number of esters is 1. The van der Waals surface area contributed by atoms with Crippen LogP contribution in [0.2, 0.25) is 0 Å². The van der Waals surface area contributed by atoms with Crippen LogP contribution in [0.3, 0.4) is 0 Å². The van der Waals surface area contributed by atoms with E-state index >= 15 is 0 Å². The molecule has 64 valence electrons. The molecular weight excluding hydrogens is 144 g/mol. The van der Waals surface area contributed by atoms with Crippen LogP contribution < -0.4 is 0 Å². The Morgan fingerprint density at radius 2 is 2.09 bits per heavy atom. The number of hydrogen-bond acceptors (Lipinski definition) is 3. The molecule has 0 radical (unpaired) electrons. The van der Waals surface area contributed by atoms with E-state index < -0.39 is 5.60 Å². The van der Waals surface area contributed by atoms with Gasteiger partial charge in [0.05, 0.1) is 0 Å². The lowest BCUT2D eigenvalue weighted by Crippen LogP contribution is -2.28. The third-order valence-corrected chi connectivity index (χ3v) is 1.25. The summed E-state index contributed by atoms with van der Waals surface area (Å²) in [7, 11) is 0. The highest BCUT2D eigenvalue weighted by molar-refractivity contribution is 5.69. The quantitative estimate of drug-likeness (QED) is 0.457. The van der Waals surface area contributed by atoms with Crippen LogP contribution in [0.4, 0.5) is 0 Å². The Balaban J connectivity index is 3.89. The van der Waals surface area contributed by atoms with Crippen LogP contribution in [0.25, 0.3) is 0 Å². The maximum atomic E-state index is 10.8. The zero-order valence-corrected chi connectivity index (χ0v) is 7.22. The topological polar surface area (TPSA) is 43.4 Å². The minimum Gasteiger partial charge on any atom is -0.459 e. The molecule has 3 heteroatoms. The molecule has 0 saturated heterocycles. The number of aldehydes is 1. The summed E-state index contributed by atoms with van der Waals surface area (Å²) in [5.41, 5.74) is -0.644. The summed E-state index contributed by atoms with van der Waals surface area (Å²) < 4.78 is 4.96. The Kier molecular flexibility index (Phi) is 3.79. The maximum Gasteiger partial charge on any atom is 0.306 e. The molecule has 0 spiro atoms. The lowest BCUT2D eigenvalue weighted by atomic mass is 10.1. The Labute approximate surface area is 66.7 Å². The molecule has 0 aliphatic rings. The molecule has 0 saturated carbocycles. The highest BCUT2D eigenvalue weighted by atomic mass is 16.6. The first-order chi connectivity index (χ1) is 5.02. The Bertz CT molecular complexity index is 149. The van der Waals surface area contributed by atoms with Crippen molar-refractivity contribution in [2.45, 2.75) is 39.2 Å². The Morgan fingerprint density at radius 1 is 1.55 bits per heavy atom. The van der Waals surface area contributed by atoms with Gasteiger partial charge in [-0.3, -0.25) is 4.79 Å². The zero-order chi connectivity index (χ0) is 8.91. The fourth-order valence-corrected chi connectivity index (χ4v) is 0.623. The van der Waals surface area contributed by atoms with E-state index in [2.05, 4.69) is 0 Å². The largest absolute Gasteiger partial charge is 0.459 e. The van der Waals surface area contributed by atoms with Crippen LogP contribution in [-0.2, 0) is 14.3 Å². The van der Waals surface area contributed by atoms with E-state index in [1.807, 2.05) is 0 Å². The number of carbonyl (C=O) groups excluding carboxylic acids is 2. The van der Waals surface area contributed by atoms with Crippen molar-refractivity contribution in [2.75, 3.05) is 0 Å². The average Bonchev–Trinajstić information content (AvgIpc) is 1.86. The number of hydrogen-bond donors (Lipinski definition) is 0. The molecule has 0 rings (SSSR count). The van der Waals surface area contributed by atoms with Crippen molar-refractivity contribution < 1.29 is 14.3 Å². The van der Waals surface area contributed by atoms with Gasteiger partial charge in [0.25, 0.3) is 0 Å². The summed E-state index contributed by atoms with van der Waals surface area (Å²) in [5.74, 6) is -0.267. The van der Waals surface area contributed by atoms with E-state index in [4.69, 9.17) is 4.74 Å². The molecule has 0 atom stereocenters. The van der Waals surface area contributed by atoms with Gasteiger partial charge in [0, 0.05) is 12.8 Å². The van der Waals surface area contributed by atoms with Crippen LogP contribution in [0.5, 0.6) is 0 Å². The lowest BCUT2D eigenvalue weighted by Gasteiger charge is -2.21. The molecule has 0 amide bonds. The van der Waals surface area contributed by atoms with Crippen molar-refractivity contribution in [3.63, 3.8) is 0 Å². The summed E-state index contributed by atoms with van der Waals surface area (Å²) >= 11 is 0. The van der Waals surface area contributed by atoms with Gasteiger partial charge in [-0.25, -0.2) is 0 Å². The van der Waals surface area contributed by atoms with Gasteiger partial charge < -0.3 is 9.53 Å². The van der Waals surface area contributed by atoms with Gasteiger partial charge in [-0.15, -0.1) is 0 Å². The number of rotatable bonds is 4. The molecule has 3 nitrogen and oxygen atoms in total. The molecule has 11 heavy (non-hydrogen) atoms. The van der Waals surface area contributed by atoms with Crippen LogP contribution in [0.15, 0.2) is 0 Å². The van der Waals surface area contributed by atoms with Crippen LogP contribution in [0, 0.1) is 0 Å². The first-order valence-corrected chi connectivity index (χ1v) is 3.67. The van der Waals surface area contributed by atoms with Gasteiger partial charge in [0.1, 0.15) is 11.9 Å². The van der Waals surface area contributed by atoms with Gasteiger partial charge in [0.15, 0.2) is 0 Å². The second kappa shape index (κ2) is 4.11. The van der Waals surface area contributed by atoms with Crippen molar-refractivity contribution in [2.24, 2.45) is 0 Å². The van der Waals surface area contributed by atoms with E-state index in [1.54, 1.807) is 20.8 Å². The van der Waals surface area contributed by atoms with E-state index in [0.717, 1.165) is 6.29 Å². The van der Waals surface area contributed by atoms with Gasteiger partial charge in [-0.2, -0.15) is 0 Å². The van der Waals surface area contributed by atoms with Gasteiger partial charge in [0.2, 0.25) is 0 Å². The van der Waals surface area contributed by atoms with Gasteiger partial charge in [-0.05, 0) is 13.8 Å². The third kappa shape index (κ3) is 4.53. The summed E-state index contributed by atoms with van der Waals surface area (Å²) in [6.07, 6.45) is 1.35. The monoisotopic (exact) mass is 158 g/mol. The first kappa shape index (κ1) is 10.1. The summed E-state index contributed by atoms with van der Waals surface area (Å²) in [5, 5.41) is 0. The normalized spacial score (nSPS) is 10.8. The summed E-state index contributed by atoms with van der Waals surface area (Å²) in [6, 6.07) is 0. The smallest absolute Gasteiger partial charge is 0.306 e. The molecule has 0 aliphatic heterocycles. The van der Waals surface area contributed by atoms with Crippen molar-refractivity contribution in [3.8, 4) is 0 Å². The molecule has 0 aromatic heterocycles. The maximum absolute atomic E-state index is 10.8. The predicted octanol–water partition coefficient (Wildman–Crippen LogP) is 1.31. The summed E-state index contributed by atoms with van der Waals surface area (Å²) in [4.78, 5) is 20.9. The average molecular weight is 158 g/mol.